The Morgan fingerprint density at radius 2 is 1.95 bits per heavy atom. The smallest absolute Gasteiger partial charge is 0.390 e. The van der Waals surface area contributed by atoms with E-state index in [1.165, 1.54) is 6.92 Å². The zero-order chi connectivity index (χ0) is 16.2. The van der Waals surface area contributed by atoms with Gasteiger partial charge in [-0.2, -0.15) is 13.2 Å². The number of aliphatic hydroxyl groups excluding tert-OH is 2. The van der Waals surface area contributed by atoms with Crippen molar-refractivity contribution < 1.29 is 32.6 Å². The maximum Gasteiger partial charge on any atom is 0.419 e. The highest BCUT2D eigenvalue weighted by Crippen LogP contribution is 2.32. The van der Waals surface area contributed by atoms with Crippen LogP contribution in [0, 0.1) is 5.82 Å². The van der Waals surface area contributed by atoms with Gasteiger partial charge in [0, 0.05) is 13.5 Å². The van der Waals surface area contributed by atoms with Crippen LogP contribution >= 0.6 is 0 Å². The lowest BCUT2D eigenvalue weighted by atomic mass is 10.00. The predicted octanol–water partition coefficient (Wildman–Crippen LogP) is 1.76. The van der Waals surface area contributed by atoms with E-state index < -0.39 is 29.8 Å². The maximum atomic E-state index is 13.4. The summed E-state index contributed by atoms with van der Waals surface area (Å²) in [7, 11) is 0. The lowest BCUT2D eigenvalue weighted by Gasteiger charge is -2.19. The molecular weight excluding hydrogens is 294 g/mol. The van der Waals surface area contributed by atoms with E-state index in [-0.39, 0.29) is 24.4 Å². The van der Waals surface area contributed by atoms with Crippen LogP contribution in [0.2, 0.25) is 0 Å². The highest BCUT2D eigenvalue weighted by molar-refractivity contribution is 5.72. The minimum atomic E-state index is -4.82. The van der Waals surface area contributed by atoms with Crippen LogP contribution in [0.3, 0.4) is 0 Å². The van der Waals surface area contributed by atoms with Crippen LogP contribution in [-0.2, 0) is 11.0 Å². The molecule has 1 rings (SSSR count). The molecule has 0 fully saturated rings. The average Bonchev–Trinajstić information content (AvgIpc) is 2.35. The molecule has 1 aromatic rings. The molecule has 0 saturated carbocycles. The summed E-state index contributed by atoms with van der Waals surface area (Å²) < 4.78 is 50.5. The van der Waals surface area contributed by atoms with Gasteiger partial charge in [0.25, 0.3) is 0 Å². The number of hydrogen-bond acceptors (Lipinski definition) is 3. The molecule has 0 aliphatic carbocycles. The van der Waals surface area contributed by atoms with E-state index in [0.29, 0.717) is 12.1 Å². The van der Waals surface area contributed by atoms with Crippen LogP contribution in [0.5, 0.6) is 0 Å². The molecule has 0 saturated heterocycles. The van der Waals surface area contributed by atoms with Crippen molar-refractivity contribution in [3.63, 3.8) is 0 Å². The summed E-state index contributed by atoms with van der Waals surface area (Å²) in [5, 5.41) is 21.8. The number of amides is 1. The molecule has 118 valence electrons. The van der Waals surface area contributed by atoms with Crippen molar-refractivity contribution in [3.05, 3.63) is 35.1 Å². The number of hydrogen-bond donors (Lipinski definition) is 3. The molecule has 0 radical (unpaired) electrons. The number of rotatable bonds is 5. The van der Waals surface area contributed by atoms with E-state index >= 15 is 0 Å². The Kier molecular flexibility index (Phi) is 5.68. The molecule has 0 aliphatic heterocycles. The van der Waals surface area contributed by atoms with Gasteiger partial charge in [0.1, 0.15) is 11.9 Å². The monoisotopic (exact) mass is 309 g/mol. The van der Waals surface area contributed by atoms with Crippen molar-refractivity contribution >= 4 is 5.91 Å². The fourth-order valence-corrected chi connectivity index (χ4v) is 1.72. The zero-order valence-electron chi connectivity index (χ0n) is 11.1. The minimum absolute atomic E-state index is 0.0244. The van der Waals surface area contributed by atoms with Gasteiger partial charge in [0.05, 0.1) is 11.7 Å². The number of aliphatic hydroxyl groups is 2. The number of benzene rings is 1. The van der Waals surface area contributed by atoms with Crippen LogP contribution in [0.15, 0.2) is 18.2 Å². The Balaban J connectivity index is 2.76. The van der Waals surface area contributed by atoms with Crippen LogP contribution in [0.4, 0.5) is 17.6 Å². The Hall–Kier alpha value is -1.67. The Bertz CT molecular complexity index is 505. The molecule has 0 bridgehead atoms. The number of alkyl halides is 3. The summed E-state index contributed by atoms with van der Waals surface area (Å²) >= 11 is 0. The molecule has 0 spiro atoms. The van der Waals surface area contributed by atoms with E-state index in [0.717, 1.165) is 6.07 Å². The van der Waals surface area contributed by atoms with E-state index in [9.17, 15) is 32.6 Å². The van der Waals surface area contributed by atoms with E-state index in [1.807, 2.05) is 0 Å². The van der Waals surface area contributed by atoms with Gasteiger partial charge in [0.2, 0.25) is 5.91 Å². The third kappa shape index (κ3) is 4.98. The van der Waals surface area contributed by atoms with Crippen LogP contribution in [-0.4, -0.2) is 28.8 Å². The van der Waals surface area contributed by atoms with Gasteiger partial charge in [-0.25, -0.2) is 4.39 Å². The number of halogens is 4. The Labute approximate surface area is 118 Å². The second kappa shape index (κ2) is 6.86. The fraction of sp³-hybridized carbons (Fsp3) is 0.462. The van der Waals surface area contributed by atoms with Crippen molar-refractivity contribution in [1.29, 1.82) is 0 Å². The molecule has 0 aliphatic rings. The lowest BCUT2D eigenvalue weighted by molar-refractivity contribution is -0.140. The molecule has 2 unspecified atom stereocenters. The van der Waals surface area contributed by atoms with Crippen LogP contribution in [0.1, 0.15) is 30.6 Å². The van der Waals surface area contributed by atoms with Gasteiger partial charge in [0.15, 0.2) is 0 Å². The van der Waals surface area contributed by atoms with Crippen molar-refractivity contribution in [2.45, 2.75) is 31.7 Å². The summed E-state index contributed by atoms with van der Waals surface area (Å²) in [5.41, 5.74) is -1.61. The zero-order valence-corrected chi connectivity index (χ0v) is 11.1. The van der Waals surface area contributed by atoms with Crippen molar-refractivity contribution in [2.24, 2.45) is 0 Å². The molecule has 2 atom stereocenters. The summed E-state index contributed by atoms with van der Waals surface area (Å²) in [4.78, 5) is 10.6. The molecule has 3 N–H and O–H groups in total. The normalized spacial score (nSPS) is 14.6. The SMILES string of the molecule is CC(=O)NCCC(O)C(O)c1ccc(C(F)(F)F)c(F)c1. The quantitative estimate of drug-likeness (QED) is 0.726. The van der Waals surface area contributed by atoms with E-state index in [2.05, 4.69) is 5.32 Å². The molecule has 1 amide bonds. The topological polar surface area (TPSA) is 69.6 Å². The van der Waals surface area contributed by atoms with Gasteiger partial charge < -0.3 is 15.5 Å². The van der Waals surface area contributed by atoms with Crippen molar-refractivity contribution in [1.82, 2.24) is 5.32 Å². The van der Waals surface area contributed by atoms with Crippen molar-refractivity contribution in [2.75, 3.05) is 6.54 Å². The van der Waals surface area contributed by atoms with E-state index in [1.54, 1.807) is 0 Å². The average molecular weight is 309 g/mol. The summed E-state index contributed by atoms with van der Waals surface area (Å²) in [6, 6.07) is 1.95. The minimum Gasteiger partial charge on any atom is -0.390 e. The third-order valence-electron chi connectivity index (χ3n) is 2.82. The first-order valence-electron chi connectivity index (χ1n) is 6.10. The number of carbonyl (C=O) groups is 1. The number of nitrogens with one attached hydrogen (secondary N) is 1. The first kappa shape index (κ1) is 17.4. The fourth-order valence-electron chi connectivity index (χ4n) is 1.72. The summed E-state index contributed by atoms with van der Waals surface area (Å²) in [6.07, 6.45) is -7.73. The standard InChI is InChI=1S/C13H15F4NO3/c1-7(19)18-5-4-11(20)12(21)8-2-3-9(10(14)6-8)13(15,16)17/h2-3,6,11-12,20-21H,4-5H2,1H3,(H,18,19). The largest absolute Gasteiger partial charge is 0.419 e. The van der Waals surface area contributed by atoms with Crippen LogP contribution < -0.4 is 5.32 Å². The number of carbonyl (C=O) groups excluding carboxylic acids is 1. The molecule has 0 heterocycles. The van der Waals surface area contributed by atoms with Gasteiger partial charge in [-0.3, -0.25) is 4.79 Å². The molecule has 21 heavy (non-hydrogen) atoms. The van der Waals surface area contributed by atoms with E-state index in [4.69, 9.17) is 0 Å². The predicted molar refractivity (Wildman–Crippen MR) is 65.7 cm³/mol. The first-order valence-corrected chi connectivity index (χ1v) is 6.10. The van der Waals surface area contributed by atoms with Crippen molar-refractivity contribution in [3.8, 4) is 0 Å². The molecular formula is C13H15F4NO3. The van der Waals surface area contributed by atoms with Gasteiger partial charge in [-0.05, 0) is 24.1 Å². The maximum absolute atomic E-state index is 13.4. The summed E-state index contributed by atoms with van der Waals surface area (Å²) in [5.74, 6) is -1.84. The molecule has 0 aromatic heterocycles. The van der Waals surface area contributed by atoms with Gasteiger partial charge >= 0.3 is 6.18 Å². The second-order valence-corrected chi connectivity index (χ2v) is 4.52. The Morgan fingerprint density at radius 1 is 1.33 bits per heavy atom. The highest BCUT2D eigenvalue weighted by Gasteiger charge is 2.34. The molecule has 4 nitrogen and oxygen atoms in total. The van der Waals surface area contributed by atoms with Gasteiger partial charge in [-0.1, -0.05) is 6.07 Å². The molecule has 8 heteroatoms. The highest BCUT2D eigenvalue weighted by atomic mass is 19.4. The molecule has 1 aromatic carbocycles. The van der Waals surface area contributed by atoms with Crippen LogP contribution in [0.25, 0.3) is 0 Å². The van der Waals surface area contributed by atoms with Gasteiger partial charge in [-0.15, -0.1) is 0 Å². The lowest BCUT2D eigenvalue weighted by Crippen LogP contribution is -2.27. The third-order valence-corrected chi connectivity index (χ3v) is 2.82. The Morgan fingerprint density at radius 3 is 2.43 bits per heavy atom. The second-order valence-electron chi connectivity index (χ2n) is 4.52. The summed E-state index contributed by atoms with van der Waals surface area (Å²) in [6.45, 7) is 1.35. The first-order chi connectivity index (χ1) is 9.62.